The topological polar surface area (TPSA) is 85.5 Å². The molecule has 75 heavy (non-hydrogen) atoms. The third-order valence-electron chi connectivity index (χ3n) is 14.0. The molecule has 379 valence electrons. The Labute approximate surface area is 456 Å². The summed E-state index contributed by atoms with van der Waals surface area (Å²) >= 11 is -2.05. The first-order valence-corrected chi connectivity index (χ1v) is 33.1. The smallest absolute Gasteiger partial charge is 0.217 e. The van der Waals surface area contributed by atoms with Gasteiger partial charge in [0.25, 0.3) is 0 Å². The monoisotopic (exact) mass is 1230 g/mol. The van der Waals surface area contributed by atoms with E-state index in [9.17, 15) is 9.65 Å². The van der Waals surface area contributed by atoms with Crippen LogP contribution in [-0.4, -0.2) is 37.4 Å². The van der Waals surface area contributed by atoms with Crippen LogP contribution in [0.4, 0.5) is 4.39 Å². The summed E-state index contributed by atoms with van der Waals surface area (Å²) in [6.07, 6.45) is 0. The molecule has 0 amide bonds. The summed E-state index contributed by atoms with van der Waals surface area (Å²) in [7, 11) is 0. The van der Waals surface area contributed by atoms with E-state index in [1.54, 1.807) is 12.1 Å². The van der Waals surface area contributed by atoms with E-state index in [0.717, 1.165) is 61.3 Å². The number of hydrogen-bond acceptors (Lipinski definition) is 5. The number of nitrogens with zero attached hydrogens (tertiary/aromatic N) is 6. The molecule has 0 unspecified atom stereocenters. The van der Waals surface area contributed by atoms with Crippen molar-refractivity contribution in [1.82, 2.24) is 24.1 Å². The summed E-state index contributed by atoms with van der Waals surface area (Å²) in [6, 6.07) is 57.5. The fraction of sp³-hybridized carbons (Fsp3) is 0.231. The number of nitriles is 1. The summed E-state index contributed by atoms with van der Waals surface area (Å²) < 4.78 is 26.1. The summed E-state index contributed by atoms with van der Waals surface area (Å²) in [5.74, 6) is 9.88. The molecular weight excluding hydrogens is 1160 g/mol. The molecule has 0 aliphatic heterocycles. The predicted molar refractivity (Wildman–Crippen MR) is 305 cm³/mol. The van der Waals surface area contributed by atoms with Gasteiger partial charge in [-0.2, -0.15) is 5.26 Å². The van der Waals surface area contributed by atoms with Crippen LogP contribution in [-0.2, 0) is 20.1 Å². The molecule has 0 saturated carbocycles. The van der Waals surface area contributed by atoms with Crippen molar-refractivity contribution in [3.8, 4) is 51.3 Å². The van der Waals surface area contributed by atoms with E-state index in [2.05, 4.69) is 190 Å². The van der Waals surface area contributed by atoms with E-state index in [1.807, 2.05) is 36.4 Å². The molecule has 0 aliphatic rings. The minimum Gasteiger partial charge on any atom is -0.486 e. The molecule has 0 atom stereocenters. The summed E-state index contributed by atoms with van der Waals surface area (Å²) in [6.45, 7) is 18.1. The van der Waals surface area contributed by atoms with Gasteiger partial charge in [-0.15, -0.1) is 18.2 Å². The van der Waals surface area contributed by atoms with E-state index in [4.69, 9.17) is 14.4 Å². The van der Waals surface area contributed by atoms with Crippen LogP contribution in [0.15, 0.2) is 150 Å². The second kappa shape index (κ2) is 21.3. The third-order valence-corrected chi connectivity index (χ3v) is 18.3. The van der Waals surface area contributed by atoms with Crippen LogP contribution in [0.1, 0.15) is 107 Å². The average Bonchev–Trinajstić information content (AvgIpc) is 4.09. The van der Waals surface area contributed by atoms with Gasteiger partial charge in [0.15, 0.2) is 0 Å². The average molecular weight is 1230 g/mol. The van der Waals surface area contributed by atoms with Gasteiger partial charge in [-0.25, -0.2) is 4.98 Å². The summed E-state index contributed by atoms with van der Waals surface area (Å²) in [5.41, 5.74) is 16.9. The van der Waals surface area contributed by atoms with Crippen LogP contribution in [0, 0.1) is 29.3 Å². The van der Waals surface area contributed by atoms with Gasteiger partial charge in [0, 0.05) is 31.2 Å². The van der Waals surface area contributed by atoms with Crippen LogP contribution in [0.25, 0.3) is 89.4 Å². The quantitative estimate of drug-likeness (QED) is 0.101. The van der Waals surface area contributed by atoms with Crippen LogP contribution >= 0.6 is 0 Å². The van der Waals surface area contributed by atoms with E-state index in [-0.39, 0.29) is 37.8 Å². The molecule has 0 aliphatic carbocycles. The van der Waals surface area contributed by atoms with Crippen molar-refractivity contribution < 1.29 is 28.9 Å². The van der Waals surface area contributed by atoms with Crippen LogP contribution in [0.2, 0.25) is 17.3 Å². The van der Waals surface area contributed by atoms with Gasteiger partial charge < -0.3 is 8.98 Å². The minimum absolute atomic E-state index is 0. The molecule has 4 aromatic heterocycles. The number of benzene rings is 7. The standard InChI is InChI=1S/C37H29N4O.C28H32FGeN2.Ir/c1-22(2)30-19-25(24-11-6-5-7-12-24)20-31(23(3)4)34(30)41-33-16-9-8-15-32(33)40-36(41)29-14-10-13-27-28-18-17-26(21-38)39-37(28)42-35(27)29;1-18(2)23-16-22(30(5,6)7)17-24(19(3)4)27(23)32-26-11-9-8-10-25(26)31-28(32)20-12-14-21(29)15-13-20;/h5-13,15-20,22-23H,1-4H3;8-12,14-19H,1-7H3;/q2*-1;. The predicted octanol–water partition coefficient (Wildman–Crippen LogP) is 17.0. The fourth-order valence-electron chi connectivity index (χ4n) is 10.1. The molecule has 0 spiro atoms. The van der Waals surface area contributed by atoms with Crippen LogP contribution < -0.4 is 4.40 Å². The van der Waals surface area contributed by atoms with Gasteiger partial charge in [0.05, 0.1) is 22.4 Å². The Hall–Kier alpha value is -6.96. The molecule has 4 heterocycles. The third kappa shape index (κ3) is 10.0. The zero-order valence-corrected chi connectivity index (χ0v) is 49.0. The number of pyridine rings is 1. The SMILES string of the molecule is CC(C)c1c[c]([Ge]([CH3])([CH3])[CH3])cc(C(C)C)c1-n1c(-c2[c-]cc(F)cc2)nc2ccccc21.CC(C)c1cc(-c2ccccc2)cc(C(C)C)c1-n1c(-c2[c-]ccc3c2oc2nc(C#N)ccc23)nc2ccccc21.[Ir]. The Morgan fingerprint density at radius 1 is 0.573 bits per heavy atom. The zero-order valence-electron chi connectivity index (χ0n) is 44.5. The maximum atomic E-state index is 13.7. The molecule has 10 heteroatoms. The van der Waals surface area contributed by atoms with Gasteiger partial charge in [-0.1, -0.05) is 81.1 Å². The number of imidazole rings is 2. The number of halogens is 1. The fourth-order valence-corrected chi connectivity index (χ4v) is 12.6. The van der Waals surface area contributed by atoms with Gasteiger partial charge in [0.2, 0.25) is 5.71 Å². The molecule has 0 fully saturated rings. The van der Waals surface area contributed by atoms with Crippen molar-refractivity contribution in [2.24, 2.45) is 0 Å². The number of rotatable bonds is 10. The first-order valence-electron chi connectivity index (χ1n) is 25.7. The molecular formula is C65H61FGeIrN6O-2. The number of aromatic nitrogens is 5. The van der Waals surface area contributed by atoms with Crippen molar-refractivity contribution >= 4 is 61.8 Å². The first kappa shape index (κ1) is 52.9. The summed E-state index contributed by atoms with van der Waals surface area (Å²) in [4.78, 5) is 14.6. The second-order valence-electron chi connectivity index (χ2n) is 21.5. The van der Waals surface area contributed by atoms with Crippen molar-refractivity contribution in [3.05, 3.63) is 191 Å². The first-order chi connectivity index (χ1) is 35.5. The Kier molecular flexibility index (Phi) is 15.1. The Bertz CT molecular complexity index is 3870. The zero-order chi connectivity index (χ0) is 52.2. The molecule has 1 radical (unpaired) electrons. The molecule has 0 bridgehead atoms. The van der Waals surface area contributed by atoms with Gasteiger partial charge >= 0.3 is 194 Å². The Morgan fingerprint density at radius 3 is 1.64 bits per heavy atom. The molecule has 11 rings (SSSR count). The maximum Gasteiger partial charge on any atom is 0.217 e. The number of furan rings is 1. The molecule has 0 saturated heterocycles. The van der Waals surface area contributed by atoms with E-state index < -0.39 is 13.3 Å². The second-order valence-corrected chi connectivity index (χ2v) is 32.2. The minimum atomic E-state index is -2.05. The molecule has 11 aromatic rings. The van der Waals surface area contributed by atoms with Crippen LogP contribution in [0.3, 0.4) is 0 Å². The van der Waals surface area contributed by atoms with E-state index in [1.165, 1.54) is 55.6 Å². The van der Waals surface area contributed by atoms with Crippen LogP contribution in [0.5, 0.6) is 0 Å². The van der Waals surface area contributed by atoms with Gasteiger partial charge in [-0.05, 0) is 70.5 Å². The van der Waals surface area contributed by atoms with Gasteiger partial charge in [-0.3, -0.25) is 4.98 Å². The van der Waals surface area contributed by atoms with E-state index >= 15 is 0 Å². The summed E-state index contributed by atoms with van der Waals surface area (Å²) in [5, 5.41) is 11.2. The van der Waals surface area contributed by atoms with Gasteiger partial charge in [0.1, 0.15) is 11.8 Å². The molecule has 7 aromatic carbocycles. The largest absolute Gasteiger partial charge is 0.486 e. The maximum absolute atomic E-state index is 13.7. The Morgan fingerprint density at radius 2 is 1.11 bits per heavy atom. The van der Waals surface area contributed by atoms with E-state index in [0.29, 0.717) is 28.8 Å². The van der Waals surface area contributed by atoms with Crippen molar-refractivity contribution in [1.29, 1.82) is 5.26 Å². The molecule has 7 nitrogen and oxygen atoms in total. The number of hydrogen-bond donors (Lipinski definition) is 0. The van der Waals surface area contributed by atoms with Crippen molar-refractivity contribution in [2.45, 2.75) is 96.3 Å². The normalized spacial score (nSPS) is 11.8. The van der Waals surface area contributed by atoms with Crippen molar-refractivity contribution in [3.63, 3.8) is 0 Å². The Balaban J connectivity index is 0.000000188. The number of fused-ring (bicyclic) bond motifs is 5. The molecule has 0 N–H and O–H groups in total. The van der Waals surface area contributed by atoms with Crippen molar-refractivity contribution in [2.75, 3.05) is 0 Å². The number of para-hydroxylation sites is 4.